The first-order valence-electron chi connectivity index (χ1n) is 11.3. The Hall–Kier alpha value is -3.62. The van der Waals surface area contributed by atoms with Crippen LogP contribution in [0.15, 0.2) is 60.8 Å². The molecule has 2 amide bonds. The van der Waals surface area contributed by atoms with Crippen LogP contribution in [0.2, 0.25) is 10.0 Å². The monoisotopic (exact) mass is 528 g/mol. The smallest absolute Gasteiger partial charge is 0.326 e. The lowest BCUT2D eigenvalue weighted by molar-refractivity contribution is -0.139. The Labute approximate surface area is 219 Å². The molecule has 3 aromatic rings. The molecule has 1 unspecified atom stereocenters. The van der Waals surface area contributed by atoms with Crippen LogP contribution in [0.3, 0.4) is 0 Å². The van der Waals surface area contributed by atoms with Crippen molar-refractivity contribution in [1.29, 1.82) is 0 Å². The van der Waals surface area contributed by atoms with E-state index in [1.807, 2.05) is 19.1 Å². The number of anilines is 2. The van der Waals surface area contributed by atoms with Crippen molar-refractivity contribution in [2.75, 3.05) is 17.2 Å². The number of carbonyl (C=O) groups excluding carboxylic acids is 2. The molecule has 0 aliphatic rings. The van der Waals surface area contributed by atoms with Crippen molar-refractivity contribution in [3.63, 3.8) is 0 Å². The molecule has 0 radical (unpaired) electrons. The molecule has 8 nitrogen and oxygen atoms in total. The Morgan fingerprint density at radius 1 is 1.03 bits per heavy atom. The van der Waals surface area contributed by atoms with Crippen molar-refractivity contribution >= 4 is 52.5 Å². The van der Waals surface area contributed by atoms with Gasteiger partial charge < -0.3 is 21.1 Å². The van der Waals surface area contributed by atoms with E-state index in [9.17, 15) is 19.5 Å². The third-order valence-electron chi connectivity index (χ3n) is 5.27. The minimum Gasteiger partial charge on any atom is -0.480 e. The second kappa shape index (κ2) is 12.9. The standard InChI is InChI=1S/C26H26Cl2N4O4/c1-16-11-13-30-22(14-16)29-12-3-6-23(33)31-18-9-7-17(8-10-18)15-21(26(35)36)32-25(34)24-19(27)4-2-5-20(24)28/h2,4-5,7-11,13-14,21H,3,6,12,15H2,1H3,(H,29,30)(H,31,33)(H,32,34)(H,35,36). The number of pyridine rings is 1. The van der Waals surface area contributed by atoms with Crippen molar-refractivity contribution in [3.8, 4) is 0 Å². The summed E-state index contributed by atoms with van der Waals surface area (Å²) in [6.07, 6.45) is 2.73. The van der Waals surface area contributed by atoms with E-state index in [0.29, 0.717) is 30.6 Å². The first-order valence-corrected chi connectivity index (χ1v) is 12.0. The van der Waals surface area contributed by atoms with Crippen molar-refractivity contribution in [2.24, 2.45) is 0 Å². The van der Waals surface area contributed by atoms with Gasteiger partial charge in [-0.3, -0.25) is 9.59 Å². The summed E-state index contributed by atoms with van der Waals surface area (Å²) in [5, 5.41) is 18.3. The molecule has 0 bridgehead atoms. The van der Waals surface area contributed by atoms with E-state index >= 15 is 0 Å². The lowest BCUT2D eigenvalue weighted by atomic mass is 10.0. The predicted octanol–water partition coefficient (Wildman–Crippen LogP) is 4.95. The van der Waals surface area contributed by atoms with E-state index in [1.165, 1.54) is 12.1 Å². The fourth-order valence-electron chi connectivity index (χ4n) is 3.43. The minimum atomic E-state index is -1.20. The Balaban J connectivity index is 1.49. The Morgan fingerprint density at radius 2 is 1.72 bits per heavy atom. The molecule has 36 heavy (non-hydrogen) atoms. The van der Waals surface area contributed by atoms with E-state index in [2.05, 4.69) is 20.9 Å². The first kappa shape index (κ1) is 27.0. The van der Waals surface area contributed by atoms with Crippen molar-refractivity contribution in [3.05, 3.63) is 87.5 Å². The van der Waals surface area contributed by atoms with E-state index in [1.54, 1.807) is 36.5 Å². The number of rotatable bonds is 11. The van der Waals surface area contributed by atoms with Gasteiger partial charge in [0.05, 0.1) is 15.6 Å². The SMILES string of the molecule is Cc1ccnc(NCCCC(=O)Nc2ccc(CC(NC(=O)c3c(Cl)cccc3Cl)C(=O)O)cc2)c1. The molecule has 1 atom stereocenters. The van der Waals surface area contributed by atoms with Gasteiger partial charge in [-0.05, 0) is 60.9 Å². The fraction of sp³-hybridized carbons (Fsp3) is 0.231. The maximum atomic E-state index is 12.6. The van der Waals surface area contributed by atoms with Gasteiger partial charge in [-0.1, -0.05) is 41.4 Å². The fourth-order valence-corrected chi connectivity index (χ4v) is 4.00. The summed E-state index contributed by atoms with van der Waals surface area (Å²) in [5.74, 6) is -1.22. The number of hydrogen-bond donors (Lipinski definition) is 4. The number of carboxylic acid groups (broad SMARTS) is 1. The molecular formula is C26H26Cl2N4O4. The van der Waals surface area contributed by atoms with Crippen molar-refractivity contribution in [2.45, 2.75) is 32.2 Å². The highest BCUT2D eigenvalue weighted by Gasteiger charge is 2.23. The number of carbonyl (C=O) groups is 3. The minimum absolute atomic E-state index is 0.0236. The number of nitrogens with zero attached hydrogens (tertiary/aromatic N) is 1. The highest BCUT2D eigenvalue weighted by atomic mass is 35.5. The average Bonchev–Trinajstić information content (AvgIpc) is 2.82. The number of carboxylic acids is 1. The van der Waals surface area contributed by atoms with Crippen LogP contribution in [0.5, 0.6) is 0 Å². The maximum absolute atomic E-state index is 12.6. The molecule has 1 heterocycles. The van der Waals surface area contributed by atoms with Crippen LogP contribution in [0, 0.1) is 6.92 Å². The zero-order valence-corrected chi connectivity index (χ0v) is 21.1. The summed E-state index contributed by atoms with van der Waals surface area (Å²) >= 11 is 12.1. The molecule has 3 rings (SSSR count). The van der Waals surface area contributed by atoms with Crippen molar-refractivity contribution in [1.82, 2.24) is 10.3 Å². The molecule has 4 N–H and O–H groups in total. The van der Waals surface area contributed by atoms with Crippen LogP contribution >= 0.6 is 23.2 Å². The largest absolute Gasteiger partial charge is 0.480 e. The van der Waals surface area contributed by atoms with Gasteiger partial charge in [0.15, 0.2) is 0 Å². The second-order valence-electron chi connectivity index (χ2n) is 8.16. The maximum Gasteiger partial charge on any atom is 0.326 e. The highest BCUT2D eigenvalue weighted by molar-refractivity contribution is 6.39. The molecule has 0 saturated carbocycles. The highest BCUT2D eigenvalue weighted by Crippen LogP contribution is 2.24. The predicted molar refractivity (Wildman–Crippen MR) is 141 cm³/mol. The lowest BCUT2D eigenvalue weighted by Gasteiger charge is -2.16. The van der Waals surface area contributed by atoms with Crippen molar-refractivity contribution < 1.29 is 19.5 Å². The average molecular weight is 529 g/mol. The zero-order chi connectivity index (χ0) is 26.1. The van der Waals surface area contributed by atoms with Gasteiger partial charge in [0.2, 0.25) is 5.91 Å². The zero-order valence-electron chi connectivity index (χ0n) is 19.6. The van der Waals surface area contributed by atoms with Gasteiger partial charge in [0.25, 0.3) is 5.91 Å². The van der Waals surface area contributed by atoms with E-state index in [0.717, 1.165) is 11.4 Å². The topological polar surface area (TPSA) is 120 Å². The number of benzene rings is 2. The molecule has 188 valence electrons. The van der Waals surface area contributed by atoms with Gasteiger partial charge in [-0.15, -0.1) is 0 Å². The van der Waals surface area contributed by atoms with Crippen LogP contribution in [-0.2, 0) is 16.0 Å². The molecule has 0 aliphatic heterocycles. The molecule has 2 aromatic carbocycles. The molecule has 0 saturated heterocycles. The van der Waals surface area contributed by atoms with Crippen LogP contribution in [0.1, 0.15) is 34.3 Å². The summed E-state index contributed by atoms with van der Waals surface area (Å²) in [4.78, 5) is 40.8. The summed E-state index contributed by atoms with van der Waals surface area (Å²) in [5.41, 5.74) is 2.39. The second-order valence-corrected chi connectivity index (χ2v) is 8.97. The normalized spacial score (nSPS) is 11.4. The van der Waals surface area contributed by atoms with Gasteiger partial charge in [-0.2, -0.15) is 0 Å². The number of nitrogens with one attached hydrogen (secondary N) is 3. The summed E-state index contributed by atoms with van der Waals surface area (Å²) < 4.78 is 0. The first-order chi connectivity index (χ1) is 17.2. The molecule has 10 heteroatoms. The van der Waals surface area contributed by atoms with Gasteiger partial charge in [-0.25, -0.2) is 9.78 Å². The van der Waals surface area contributed by atoms with E-state index in [4.69, 9.17) is 23.2 Å². The summed E-state index contributed by atoms with van der Waals surface area (Å²) in [6, 6.07) is 14.0. The Kier molecular flexibility index (Phi) is 9.67. The quantitative estimate of drug-likeness (QED) is 0.261. The van der Waals surface area contributed by atoms with Crippen LogP contribution in [0.25, 0.3) is 0 Å². The van der Waals surface area contributed by atoms with Crippen LogP contribution in [-0.4, -0.2) is 40.5 Å². The molecular weight excluding hydrogens is 503 g/mol. The van der Waals surface area contributed by atoms with E-state index < -0.39 is 17.9 Å². The summed E-state index contributed by atoms with van der Waals surface area (Å²) in [7, 11) is 0. The third kappa shape index (κ3) is 7.96. The number of hydrogen-bond acceptors (Lipinski definition) is 5. The molecule has 1 aromatic heterocycles. The van der Waals surface area contributed by atoms with Gasteiger partial charge >= 0.3 is 5.97 Å². The summed E-state index contributed by atoms with van der Waals surface area (Å²) in [6.45, 7) is 2.60. The van der Waals surface area contributed by atoms with Gasteiger partial charge in [0, 0.05) is 31.3 Å². The molecule has 0 aliphatic carbocycles. The third-order valence-corrected chi connectivity index (χ3v) is 5.90. The Bertz CT molecular complexity index is 1210. The number of aromatic nitrogens is 1. The Morgan fingerprint density at radius 3 is 2.36 bits per heavy atom. The van der Waals surface area contributed by atoms with Crippen LogP contribution < -0.4 is 16.0 Å². The molecule has 0 fully saturated rings. The van der Waals surface area contributed by atoms with Crippen LogP contribution in [0.4, 0.5) is 11.5 Å². The van der Waals surface area contributed by atoms with Gasteiger partial charge in [0.1, 0.15) is 11.9 Å². The number of halogens is 2. The number of aryl methyl sites for hydroxylation is 1. The number of amides is 2. The number of aliphatic carboxylic acids is 1. The van der Waals surface area contributed by atoms with E-state index in [-0.39, 0.29) is 27.9 Å². The lowest BCUT2D eigenvalue weighted by Crippen LogP contribution is -2.42. The molecule has 0 spiro atoms.